The number of aromatic nitrogens is 1. The summed E-state index contributed by atoms with van der Waals surface area (Å²) in [5, 5.41) is 2.40. The summed E-state index contributed by atoms with van der Waals surface area (Å²) < 4.78 is 0. The van der Waals surface area contributed by atoms with E-state index in [0.29, 0.717) is 6.04 Å². The minimum Gasteiger partial charge on any atom is -0.368 e. The van der Waals surface area contributed by atoms with Crippen LogP contribution in [0.4, 0.5) is 5.69 Å². The second-order valence-electron chi connectivity index (χ2n) is 5.62. The number of aryl methyl sites for hydroxylation is 1. The molecule has 20 heavy (non-hydrogen) atoms. The van der Waals surface area contributed by atoms with Gasteiger partial charge in [0.1, 0.15) is 0 Å². The molecule has 0 amide bonds. The summed E-state index contributed by atoms with van der Waals surface area (Å²) in [5.41, 5.74) is 3.61. The van der Waals surface area contributed by atoms with Gasteiger partial charge >= 0.3 is 0 Å². The number of benzene rings is 1. The summed E-state index contributed by atoms with van der Waals surface area (Å²) in [6.07, 6.45) is 5.16. The predicted molar refractivity (Wildman–Crippen MR) is 89.9 cm³/mol. The molecule has 2 nitrogen and oxygen atoms in total. The van der Waals surface area contributed by atoms with Crippen LogP contribution in [-0.2, 0) is 0 Å². The maximum absolute atomic E-state index is 4.66. The quantitative estimate of drug-likeness (QED) is 0.755. The van der Waals surface area contributed by atoms with E-state index in [1.807, 2.05) is 0 Å². The Morgan fingerprint density at radius 2 is 2.20 bits per heavy atom. The van der Waals surface area contributed by atoms with Crippen LogP contribution in [0.1, 0.15) is 31.4 Å². The Labute approximate surface area is 129 Å². The largest absolute Gasteiger partial charge is 0.368 e. The second kappa shape index (κ2) is 6.13. The fourth-order valence-corrected chi connectivity index (χ4v) is 3.61. The van der Waals surface area contributed by atoms with E-state index in [-0.39, 0.29) is 0 Å². The van der Waals surface area contributed by atoms with E-state index in [1.54, 1.807) is 0 Å². The predicted octanol–water partition coefficient (Wildman–Crippen LogP) is 4.69. The van der Waals surface area contributed by atoms with E-state index in [0.717, 1.165) is 16.5 Å². The average molecular weight is 333 g/mol. The van der Waals surface area contributed by atoms with Gasteiger partial charge in [-0.05, 0) is 44.7 Å². The van der Waals surface area contributed by atoms with Crippen LogP contribution < -0.4 is 4.90 Å². The third-order valence-electron chi connectivity index (χ3n) is 4.18. The monoisotopic (exact) mass is 332 g/mol. The molecule has 106 valence electrons. The van der Waals surface area contributed by atoms with Crippen molar-refractivity contribution in [3.63, 3.8) is 0 Å². The van der Waals surface area contributed by atoms with Crippen LogP contribution in [0.3, 0.4) is 0 Å². The molecular weight excluding hydrogens is 312 g/mol. The van der Waals surface area contributed by atoms with Gasteiger partial charge in [-0.3, -0.25) is 4.98 Å². The first-order valence-electron chi connectivity index (χ1n) is 7.48. The summed E-state index contributed by atoms with van der Waals surface area (Å²) in [7, 11) is 0. The van der Waals surface area contributed by atoms with Crippen LogP contribution in [0.5, 0.6) is 0 Å². The first kappa shape index (κ1) is 13.9. The molecule has 0 aliphatic carbocycles. The van der Waals surface area contributed by atoms with Crippen LogP contribution >= 0.6 is 15.9 Å². The standard InChI is InChI=1S/C17H21BrN2/c1-13-12-17(15-8-2-3-9-16(15)19-13)20-11-5-7-14(20)6-4-10-18/h2-3,8-9,12,14H,4-7,10-11H2,1H3. The van der Waals surface area contributed by atoms with Crippen molar-refractivity contribution >= 4 is 32.5 Å². The van der Waals surface area contributed by atoms with E-state index in [1.165, 1.54) is 43.3 Å². The van der Waals surface area contributed by atoms with Crippen LogP contribution in [0, 0.1) is 6.92 Å². The van der Waals surface area contributed by atoms with Gasteiger partial charge in [0.2, 0.25) is 0 Å². The van der Waals surface area contributed by atoms with Crippen LogP contribution in [-0.4, -0.2) is 22.9 Å². The van der Waals surface area contributed by atoms with Crippen molar-refractivity contribution in [2.75, 3.05) is 16.8 Å². The number of hydrogen-bond donors (Lipinski definition) is 0. The highest BCUT2D eigenvalue weighted by molar-refractivity contribution is 9.09. The molecule has 0 radical (unpaired) electrons. The van der Waals surface area contributed by atoms with Gasteiger partial charge in [-0.25, -0.2) is 0 Å². The Morgan fingerprint density at radius 3 is 3.05 bits per heavy atom. The Morgan fingerprint density at radius 1 is 1.35 bits per heavy atom. The second-order valence-corrected chi connectivity index (χ2v) is 6.41. The molecule has 0 spiro atoms. The normalized spacial score (nSPS) is 18.9. The van der Waals surface area contributed by atoms with E-state index in [9.17, 15) is 0 Å². The molecule has 2 heterocycles. The number of hydrogen-bond acceptors (Lipinski definition) is 2. The zero-order valence-corrected chi connectivity index (χ0v) is 13.6. The van der Waals surface area contributed by atoms with Gasteiger partial charge in [-0.1, -0.05) is 34.1 Å². The van der Waals surface area contributed by atoms with Crippen LogP contribution in [0.2, 0.25) is 0 Å². The third-order valence-corrected chi connectivity index (χ3v) is 4.74. The highest BCUT2D eigenvalue weighted by Gasteiger charge is 2.25. The minimum atomic E-state index is 0.692. The number of fused-ring (bicyclic) bond motifs is 1. The molecule has 3 heteroatoms. The van der Waals surface area contributed by atoms with Crippen LogP contribution in [0.15, 0.2) is 30.3 Å². The first-order chi connectivity index (χ1) is 9.79. The molecule has 1 atom stereocenters. The van der Waals surface area contributed by atoms with Crippen molar-refractivity contribution in [1.82, 2.24) is 4.98 Å². The number of halogens is 1. The molecule has 1 aliphatic rings. The number of nitrogens with zero attached hydrogens (tertiary/aromatic N) is 2. The van der Waals surface area contributed by atoms with Gasteiger partial charge in [-0.2, -0.15) is 0 Å². The van der Waals surface area contributed by atoms with Gasteiger partial charge < -0.3 is 4.90 Å². The molecule has 1 fully saturated rings. The zero-order chi connectivity index (χ0) is 13.9. The molecule has 0 saturated carbocycles. The number of pyridine rings is 1. The van der Waals surface area contributed by atoms with Crippen LogP contribution in [0.25, 0.3) is 10.9 Å². The number of anilines is 1. The van der Waals surface area contributed by atoms with E-state index in [4.69, 9.17) is 0 Å². The van der Waals surface area contributed by atoms with Gasteiger partial charge in [-0.15, -0.1) is 0 Å². The first-order valence-corrected chi connectivity index (χ1v) is 8.61. The molecule has 1 unspecified atom stereocenters. The number of alkyl halides is 1. The van der Waals surface area contributed by atoms with Gasteiger partial charge in [0, 0.05) is 34.7 Å². The van der Waals surface area contributed by atoms with Crippen molar-refractivity contribution < 1.29 is 0 Å². The lowest BCUT2D eigenvalue weighted by Crippen LogP contribution is -2.29. The molecule has 1 aromatic carbocycles. The van der Waals surface area contributed by atoms with Crippen molar-refractivity contribution in [2.24, 2.45) is 0 Å². The molecule has 0 N–H and O–H groups in total. The van der Waals surface area contributed by atoms with Crippen molar-refractivity contribution in [1.29, 1.82) is 0 Å². The fourth-order valence-electron chi connectivity index (χ4n) is 3.29. The summed E-state index contributed by atoms with van der Waals surface area (Å²) >= 11 is 3.56. The molecule has 1 aromatic heterocycles. The third kappa shape index (κ3) is 2.69. The highest BCUT2D eigenvalue weighted by atomic mass is 79.9. The molecular formula is C17H21BrN2. The Balaban J connectivity index is 2.00. The molecule has 2 aromatic rings. The Bertz CT molecular complexity index is 597. The zero-order valence-electron chi connectivity index (χ0n) is 12.0. The number of para-hydroxylation sites is 1. The number of rotatable bonds is 4. The summed E-state index contributed by atoms with van der Waals surface area (Å²) in [5.74, 6) is 0. The average Bonchev–Trinajstić information content (AvgIpc) is 2.92. The summed E-state index contributed by atoms with van der Waals surface area (Å²) in [6, 6.07) is 11.5. The van der Waals surface area contributed by atoms with Crippen molar-refractivity contribution in [3.05, 3.63) is 36.0 Å². The lowest BCUT2D eigenvalue weighted by atomic mass is 10.1. The van der Waals surface area contributed by atoms with Gasteiger partial charge in [0.15, 0.2) is 0 Å². The fraction of sp³-hybridized carbons (Fsp3) is 0.471. The molecule has 3 rings (SSSR count). The SMILES string of the molecule is Cc1cc(N2CCCC2CCCBr)c2ccccc2n1. The lowest BCUT2D eigenvalue weighted by Gasteiger charge is -2.28. The minimum absolute atomic E-state index is 0.692. The van der Waals surface area contributed by atoms with Crippen molar-refractivity contribution in [2.45, 2.75) is 38.6 Å². The summed E-state index contributed by atoms with van der Waals surface area (Å²) in [6.45, 7) is 3.28. The maximum Gasteiger partial charge on any atom is 0.0726 e. The lowest BCUT2D eigenvalue weighted by molar-refractivity contribution is 0.605. The smallest absolute Gasteiger partial charge is 0.0726 e. The Kier molecular flexibility index (Phi) is 4.25. The molecule has 1 aliphatic heterocycles. The van der Waals surface area contributed by atoms with E-state index < -0.39 is 0 Å². The van der Waals surface area contributed by atoms with E-state index in [2.05, 4.69) is 63.1 Å². The molecule has 0 bridgehead atoms. The highest BCUT2D eigenvalue weighted by Crippen LogP contribution is 2.33. The Hall–Kier alpha value is -1.09. The maximum atomic E-state index is 4.66. The van der Waals surface area contributed by atoms with E-state index >= 15 is 0 Å². The topological polar surface area (TPSA) is 16.1 Å². The van der Waals surface area contributed by atoms with Gasteiger partial charge in [0.25, 0.3) is 0 Å². The summed E-state index contributed by atoms with van der Waals surface area (Å²) in [4.78, 5) is 7.27. The molecule has 1 saturated heterocycles. The van der Waals surface area contributed by atoms with Crippen molar-refractivity contribution in [3.8, 4) is 0 Å². The van der Waals surface area contributed by atoms with Gasteiger partial charge in [0.05, 0.1) is 5.52 Å².